The number of carbonyl (C=O) groups is 12. The van der Waals surface area contributed by atoms with Gasteiger partial charge in [0.2, 0.25) is 65.0 Å². The van der Waals surface area contributed by atoms with Gasteiger partial charge in [-0.2, -0.15) is 0 Å². The van der Waals surface area contributed by atoms with E-state index in [-0.39, 0.29) is 44.1 Å². The second kappa shape index (κ2) is 36.2. The molecule has 0 radical (unpaired) electrons. The van der Waals surface area contributed by atoms with Crippen LogP contribution in [0.2, 0.25) is 0 Å². The maximum absolute atomic E-state index is 14.1. The molecule has 474 valence electrons. The molecule has 33 heteroatoms. The first-order chi connectivity index (χ1) is 40.0. The average Bonchev–Trinajstić information content (AvgIpc) is 4.14. The lowest BCUT2D eigenvalue weighted by atomic mass is 9.97. The van der Waals surface area contributed by atoms with Gasteiger partial charge >= 0.3 is 5.97 Å². The third-order valence-electron chi connectivity index (χ3n) is 13.2. The Kier molecular flexibility index (Phi) is 30.9. The number of carboxylic acid groups (broad SMARTS) is 1. The van der Waals surface area contributed by atoms with Crippen molar-refractivity contribution in [1.29, 1.82) is 0 Å². The SMILES string of the molecule is CC[C@H](C)[C@H](NC(=O)[C@H](CO)NC(=O)[C@H](CCC(N)=O)NC(=O)[C@H](CO)NC(=O)[C@H](C)NC(=O)[C@@H](N)CCCN=C(N)N)C(=O)N[C@@H](CO)C(=O)N[C@@H](CO)C(=O)N[C@@H](Cc1c[nH]c2ccccc12)C(=O)N[C@@H](CC(C)C)C(=O)N[C@@H](C)C(=O)O. The molecule has 0 spiro atoms. The molecule has 0 saturated carbocycles. The van der Waals surface area contributed by atoms with Crippen molar-refractivity contribution in [2.75, 3.05) is 33.0 Å². The minimum Gasteiger partial charge on any atom is -0.480 e. The van der Waals surface area contributed by atoms with Gasteiger partial charge in [0.1, 0.15) is 60.4 Å². The van der Waals surface area contributed by atoms with Crippen LogP contribution in [0, 0.1) is 11.8 Å². The summed E-state index contributed by atoms with van der Waals surface area (Å²) < 4.78 is 0. The number of hydrogen-bond acceptors (Lipinski definition) is 18. The number of primary amides is 1. The van der Waals surface area contributed by atoms with E-state index in [9.17, 15) is 83.1 Å². The number of aliphatic imine (C=N–C) groups is 1. The van der Waals surface area contributed by atoms with Crippen LogP contribution in [0.3, 0.4) is 0 Å². The number of aliphatic hydroxyl groups excluding tert-OH is 4. The molecule has 1 aromatic heterocycles. The maximum Gasteiger partial charge on any atom is 0.325 e. The Morgan fingerprint density at radius 1 is 0.541 bits per heavy atom. The van der Waals surface area contributed by atoms with Crippen molar-refractivity contribution >= 4 is 87.8 Å². The molecule has 24 N–H and O–H groups in total. The Hall–Kier alpha value is -8.53. The number of amides is 11. The van der Waals surface area contributed by atoms with Gasteiger partial charge in [-0.25, -0.2) is 0 Å². The van der Waals surface area contributed by atoms with Gasteiger partial charge in [-0.05, 0) is 63.0 Å². The number of hydrogen-bond donors (Lipinski definition) is 20. The van der Waals surface area contributed by atoms with E-state index in [4.69, 9.17) is 22.9 Å². The molecule has 0 aliphatic rings. The lowest BCUT2D eigenvalue weighted by Gasteiger charge is -2.29. The molecule has 0 bridgehead atoms. The Morgan fingerprint density at radius 2 is 0.988 bits per heavy atom. The highest BCUT2D eigenvalue weighted by Crippen LogP contribution is 2.20. The first-order valence-electron chi connectivity index (χ1n) is 27.4. The predicted molar refractivity (Wildman–Crippen MR) is 304 cm³/mol. The topological polar surface area (TPSA) is 559 Å². The lowest BCUT2D eigenvalue weighted by molar-refractivity contribution is -0.142. The third kappa shape index (κ3) is 24.3. The van der Waals surface area contributed by atoms with Gasteiger partial charge < -0.3 is 107 Å². The number of nitrogens with zero attached hydrogens (tertiary/aromatic N) is 1. The van der Waals surface area contributed by atoms with Crippen LogP contribution in [0.4, 0.5) is 0 Å². The number of rotatable bonds is 38. The van der Waals surface area contributed by atoms with Crippen LogP contribution in [0.25, 0.3) is 10.9 Å². The number of benzene rings is 1. The molecule has 0 aliphatic carbocycles. The van der Waals surface area contributed by atoms with Crippen molar-refractivity contribution in [3.05, 3.63) is 36.0 Å². The van der Waals surface area contributed by atoms with Crippen molar-refractivity contribution in [3.8, 4) is 0 Å². The fourth-order valence-corrected chi connectivity index (χ4v) is 8.05. The molecular formula is C52H84N16O17. The monoisotopic (exact) mass is 1200 g/mol. The highest BCUT2D eigenvalue weighted by molar-refractivity contribution is 5.99. The molecule has 0 saturated heterocycles. The third-order valence-corrected chi connectivity index (χ3v) is 13.2. The van der Waals surface area contributed by atoms with E-state index in [0.717, 1.165) is 0 Å². The van der Waals surface area contributed by atoms with Crippen LogP contribution < -0.4 is 76.1 Å². The van der Waals surface area contributed by atoms with Crippen LogP contribution in [0.5, 0.6) is 0 Å². The van der Waals surface area contributed by atoms with Crippen molar-refractivity contribution in [3.63, 3.8) is 0 Å². The van der Waals surface area contributed by atoms with E-state index in [1.807, 2.05) is 0 Å². The number of aromatic nitrogens is 1. The largest absolute Gasteiger partial charge is 0.480 e. The van der Waals surface area contributed by atoms with Gasteiger partial charge in [0.05, 0.1) is 32.5 Å². The molecule has 85 heavy (non-hydrogen) atoms. The smallest absolute Gasteiger partial charge is 0.325 e. The number of para-hydroxylation sites is 1. The summed E-state index contributed by atoms with van der Waals surface area (Å²) in [7, 11) is 0. The zero-order valence-electron chi connectivity index (χ0n) is 48.3. The van der Waals surface area contributed by atoms with Crippen molar-refractivity contribution < 1.29 is 83.1 Å². The molecule has 33 nitrogen and oxygen atoms in total. The highest BCUT2D eigenvalue weighted by atomic mass is 16.4. The van der Waals surface area contributed by atoms with Gasteiger partial charge in [0.15, 0.2) is 5.96 Å². The Bertz CT molecular complexity index is 2670. The number of aliphatic carboxylic acids is 1. The Balaban J connectivity index is 2.27. The molecule has 1 heterocycles. The summed E-state index contributed by atoms with van der Waals surface area (Å²) in [5, 5.41) is 74.3. The number of fused-ring (bicyclic) bond motifs is 1. The lowest BCUT2D eigenvalue weighted by Crippen LogP contribution is -2.62. The molecule has 12 atom stereocenters. The summed E-state index contributed by atoms with van der Waals surface area (Å²) in [6.07, 6.45) is 1.04. The number of nitrogens with one attached hydrogen (secondary N) is 11. The number of H-pyrrole nitrogens is 1. The maximum atomic E-state index is 14.1. The summed E-state index contributed by atoms with van der Waals surface area (Å²) in [5.41, 5.74) is 22.9. The van der Waals surface area contributed by atoms with Gasteiger partial charge in [-0.1, -0.05) is 52.3 Å². The van der Waals surface area contributed by atoms with Crippen LogP contribution in [0.15, 0.2) is 35.5 Å². The summed E-state index contributed by atoms with van der Waals surface area (Å²) in [6.45, 7) is 4.92. The summed E-state index contributed by atoms with van der Waals surface area (Å²) in [6, 6.07) is -10.1. The molecule has 1 aromatic carbocycles. The number of nitrogens with two attached hydrogens (primary N) is 4. The molecule has 2 aromatic rings. The minimum absolute atomic E-state index is 0.0519. The first kappa shape index (κ1) is 72.6. The normalized spacial score (nSPS) is 15.4. The average molecular weight is 1210 g/mol. The summed E-state index contributed by atoms with van der Waals surface area (Å²) >= 11 is 0. The van der Waals surface area contributed by atoms with E-state index in [0.29, 0.717) is 22.9 Å². The second-order valence-corrected chi connectivity index (χ2v) is 20.6. The van der Waals surface area contributed by atoms with Crippen molar-refractivity contribution in [2.24, 2.45) is 39.8 Å². The van der Waals surface area contributed by atoms with Crippen LogP contribution in [-0.2, 0) is 64.0 Å². The van der Waals surface area contributed by atoms with Gasteiger partial charge in [-0.15, -0.1) is 0 Å². The number of carboxylic acids is 1. The molecule has 2 rings (SSSR count). The quantitative estimate of drug-likeness (QED) is 0.0169. The number of aliphatic hydroxyl groups is 4. The van der Waals surface area contributed by atoms with Crippen LogP contribution in [-0.4, -0.2) is 207 Å². The minimum atomic E-state index is -1.88. The highest BCUT2D eigenvalue weighted by Gasteiger charge is 2.37. The van der Waals surface area contributed by atoms with E-state index < -0.39 is 183 Å². The number of carbonyl (C=O) groups excluding carboxylic acids is 11. The Labute approximate surface area is 489 Å². The molecule has 0 aliphatic heterocycles. The molecule has 11 amide bonds. The van der Waals surface area contributed by atoms with Crippen LogP contribution in [0.1, 0.15) is 85.6 Å². The van der Waals surface area contributed by atoms with Crippen LogP contribution >= 0.6 is 0 Å². The van der Waals surface area contributed by atoms with E-state index in [2.05, 4.69) is 63.1 Å². The van der Waals surface area contributed by atoms with Gasteiger partial charge in [0, 0.05) is 36.5 Å². The zero-order chi connectivity index (χ0) is 64.2. The van der Waals surface area contributed by atoms with Gasteiger partial charge in [0.25, 0.3) is 0 Å². The number of guanidine groups is 1. The van der Waals surface area contributed by atoms with E-state index in [1.54, 1.807) is 51.2 Å². The van der Waals surface area contributed by atoms with E-state index in [1.165, 1.54) is 20.8 Å². The van der Waals surface area contributed by atoms with Crippen molar-refractivity contribution in [1.82, 2.24) is 58.2 Å². The first-order valence-corrected chi connectivity index (χ1v) is 27.4. The predicted octanol–water partition coefficient (Wildman–Crippen LogP) is -7.61. The molecule has 0 fully saturated rings. The second-order valence-electron chi connectivity index (χ2n) is 20.6. The summed E-state index contributed by atoms with van der Waals surface area (Å²) in [5.74, 6) is -13.8. The van der Waals surface area contributed by atoms with Gasteiger partial charge in [-0.3, -0.25) is 62.5 Å². The van der Waals surface area contributed by atoms with Crippen molar-refractivity contribution in [2.45, 2.75) is 153 Å². The fraction of sp³-hybridized carbons (Fsp3) is 0.596. The number of aromatic amines is 1. The zero-order valence-corrected chi connectivity index (χ0v) is 48.3. The Morgan fingerprint density at radius 3 is 1.49 bits per heavy atom. The molecular weight excluding hydrogens is 1120 g/mol. The summed E-state index contributed by atoms with van der Waals surface area (Å²) in [4.78, 5) is 165. The standard InChI is InChI=1S/C52H84N16O17/c1-7-25(4)40(68-49(82)38(23-72)65-43(76)32(14-15-39(54)73)61-46(79)35(20-69)64-41(74)26(5)59-42(75)30(53)12-10-16-57-52(55)56)50(83)67-37(22-71)48(81)66-36(21-70)47(80)63-34(18-28-19-58-31-13-9-8-11-29(28)31)45(78)62-33(17-24(2)3)44(77)60-27(6)51(84)85/h8-9,11,13,19,24-27,30,32-38,40,58,69-72H,7,10,12,14-18,20-23,53H2,1-6H3,(H2,54,73)(H,59,75)(H,60,77)(H,61,79)(H,62,78)(H,63,80)(H,64,74)(H,65,76)(H,66,81)(H,67,83)(H,68,82)(H,84,85)(H4,55,56,57)/t25-,26-,27-,30-,32-,33-,34-,35-,36-,37-,38-,40-/m0/s1. The molecule has 0 unspecified atom stereocenters. The van der Waals surface area contributed by atoms with E-state index >= 15 is 0 Å². The fourth-order valence-electron chi connectivity index (χ4n) is 8.05.